The molecule has 2 aliphatic rings. The summed E-state index contributed by atoms with van der Waals surface area (Å²) >= 11 is 6.12. The number of fused-ring (bicyclic) bond motifs is 1. The van der Waals surface area contributed by atoms with Crippen molar-refractivity contribution in [2.24, 2.45) is 11.0 Å². The van der Waals surface area contributed by atoms with Gasteiger partial charge in [0.2, 0.25) is 0 Å². The molecule has 0 saturated carbocycles. The molecule has 0 amide bonds. The number of benzene rings is 1. The highest BCUT2D eigenvalue weighted by Gasteiger charge is 2.58. The van der Waals surface area contributed by atoms with E-state index in [0.29, 0.717) is 34.6 Å². The van der Waals surface area contributed by atoms with Gasteiger partial charge in [-0.15, -0.1) is 0 Å². The highest BCUT2D eigenvalue weighted by molar-refractivity contribution is 7.48. The van der Waals surface area contributed by atoms with Crippen LogP contribution < -0.4 is 5.73 Å². The van der Waals surface area contributed by atoms with Gasteiger partial charge in [0.25, 0.3) is 0 Å². The number of azide groups is 1. The largest absolute Gasteiger partial charge is 0.475 e. The van der Waals surface area contributed by atoms with Gasteiger partial charge in [-0.1, -0.05) is 42.7 Å². The number of nitrogens with two attached hydrogens (primary N) is 1. The fraction of sp³-hybridized carbons (Fsp3) is 0.500. The van der Waals surface area contributed by atoms with Gasteiger partial charge in [0.1, 0.15) is 11.8 Å². The van der Waals surface area contributed by atoms with Gasteiger partial charge in [-0.3, -0.25) is 22.9 Å². The van der Waals surface area contributed by atoms with Crippen LogP contribution in [-0.4, -0.2) is 50.5 Å². The van der Waals surface area contributed by atoms with Crippen molar-refractivity contribution in [1.29, 1.82) is 0 Å². The molecule has 6 atom stereocenters. The molecule has 4 heterocycles. The van der Waals surface area contributed by atoms with Crippen molar-refractivity contribution in [3.8, 4) is 0 Å². The molecule has 17 heteroatoms. The number of halogens is 1. The number of anilines is 1. The van der Waals surface area contributed by atoms with Gasteiger partial charge >= 0.3 is 13.8 Å². The van der Waals surface area contributed by atoms with E-state index in [-0.39, 0.29) is 18.8 Å². The smallest absolute Gasteiger partial charge is 0.457 e. The maximum atomic E-state index is 13.6. The number of imidazole rings is 1. The lowest BCUT2D eigenvalue weighted by atomic mass is 9.90. The summed E-state index contributed by atoms with van der Waals surface area (Å²) < 4.78 is 44.3. The van der Waals surface area contributed by atoms with Gasteiger partial charge in [-0.2, -0.15) is 0 Å². The van der Waals surface area contributed by atoms with Crippen LogP contribution in [-0.2, 0) is 32.4 Å². The Bertz CT molecular complexity index is 1530. The first-order valence-electron chi connectivity index (χ1n) is 12.9. The monoisotopic (exact) mass is 606 g/mol. The number of carbonyl (C=O) groups is 1. The number of esters is 1. The van der Waals surface area contributed by atoms with Crippen molar-refractivity contribution in [2.75, 3.05) is 18.9 Å². The molecule has 1 aromatic carbocycles. The Hall–Kier alpha value is -3.29. The van der Waals surface area contributed by atoms with Crippen LogP contribution >= 0.6 is 19.4 Å². The van der Waals surface area contributed by atoms with Crippen molar-refractivity contribution >= 4 is 42.4 Å². The number of ether oxygens (including phenoxy) is 2. The fourth-order valence-corrected chi connectivity index (χ4v) is 6.65. The molecule has 2 saturated heterocycles. The van der Waals surface area contributed by atoms with Crippen molar-refractivity contribution in [1.82, 2.24) is 19.5 Å². The minimum Gasteiger partial charge on any atom is -0.457 e. The number of rotatable bonds is 9. The topological polar surface area (TPSA) is 199 Å². The summed E-state index contributed by atoms with van der Waals surface area (Å²) in [5.41, 5.74) is 15.1. The number of hydrogen-bond acceptors (Lipinski definition) is 12. The average Bonchev–Trinajstić information content (AvgIpc) is 3.52. The van der Waals surface area contributed by atoms with Crippen molar-refractivity contribution in [3.63, 3.8) is 0 Å². The summed E-state index contributed by atoms with van der Waals surface area (Å²) in [5, 5.41) is 4.45. The highest BCUT2D eigenvalue weighted by Crippen LogP contribution is 2.59. The van der Waals surface area contributed by atoms with Crippen LogP contribution in [0, 0.1) is 5.92 Å². The van der Waals surface area contributed by atoms with E-state index in [4.69, 9.17) is 40.4 Å². The van der Waals surface area contributed by atoms with Gasteiger partial charge in [-0.25, -0.2) is 19.5 Å². The van der Waals surface area contributed by atoms with Crippen LogP contribution in [0.5, 0.6) is 0 Å². The zero-order chi connectivity index (χ0) is 29.2. The Morgan fingerprint density at radius 1 is 1.37 bits per heavy atom. The van der Waals surface area contributed by atoms with E-state index in [1.165, 1.54) is 17.2 Å². The average molecular weight is 607 g/mol. The molecular weight excluding hydrogens is 579 g/mol. The summed E-state index contributed by atoms with van der Waals surface area (Å²) in [4.78, 5) is 28.0. The molecule has 0 radical (unpaired) electrons. The molecule has 2 fully saturated rings. The number of phosphoric ester groups is 1. The normalized spacial score (nSPS) is 29.7. The van der Waals surface area contributed by atoms with Gasteiger partial charge < -0.3 is 15.2 Å². The van der Waals surface area contributed by atoms with Crippen LogP contribution in [0.2, 0.25) is 5.02 Å². The number of aromatic nitrogens is 4. The quantitative estimate of drug-likeness (QED) is 0.110. The molecular formula is C24H28ClN8O7P. The zero-order valence-electron chi connectivity index (χ0n) is 22.2. The van der Waals surface area contributed by atoms with E-state index in [0.717, 1.165) is 0 Å². The molecule has 2 N–H and O–H groups in total. The first-order valence-corrected chi connectivity index (χ1v) is 14.8. The number of carbonyl (C=O) groups excluding carboxylic acids is 1. The molecule has 0 aliphatic carbocycles. The third kappa shape index (κ3) is 5.75. The van der Waals surface area contributed by atoms with Crippen LogP contribution in [0.3, 0.4) is 0 Å². The lowest BCUT2D eigenvalue weighted by molar-refractivity contribution is -0.157. The van der Waals surface area contributed by atoms with E-state index < -0.39 is 50.5 Å². The van der Waals surface area contributed by atoms with Gasteiger partial charge in [0, 0.05) is 28.7 Å². The Balaban J connectivity index is 1.47. The maximum Gasteiger partial charge on any atom is 0.475 e. The predicted molar refractivity (Wildman–Crippen MR) is 145 cm³/mol. The lowest BCUT2D eigenvalue weighted by Crippen LogP contribution is -2.41. The Kier molecular flexibility index (Phi) is 8.48. The summed E-state index contributed by atoms with van der Waals surface area (Å²) in [7, 11) is -4.15. The molecule has 5 rings (SSSR count). The molecule has 15 nitrogen and oxygen atoms in total. The number of nitrogen functional groups attached to an aromatic ring is 1. The maximum absolute atomic E-state index is 13.6. The van der Waals surface area contributed by atoms with Crippen molar-refractivity contribution in [3.05, 3.63) is 57.9 Å². The molecule has 0 spiro atoms. The summed E-state index contributed by atoms with van der Waals surface area (Å²) in [6, 6.07) is 6.98. The SMILES string of the molecule is CCC(=O)O[C@H]1[C@H](n2cnc3c(N)ncnc32)O[C@@](CO[P@@]2(=O)OCC[C@@H](c3cccc(Cl)c3)O2)(N=[N+]=[N-])[C@H]1CC. The van der Waals surface area contributed by atoms with Crippen LogP contribution in [0.1, 0.15) is 51.0 Å². The molecule has 2 aromatic heterocycles. The van der Waals surface area contributed by atoms with E-state index >= 15 is 0 Å². The second kappa shape index (κ2) is 11.9. The lowest BCUT2D eigenvalue weighted by Gasteiger charge is -2.33. The van der Waals surface area contributed by atoms with Gasteiger partial charge in [-0.05, 0) is 29.6 Å². The Morgan fingerprint density at radius 2 is 2.20 bits per heavy atom. The predicted octanol–water partition coefficient (Wildman–Crippen LogP) is 5.25. The van der Waals surface area contributed by atoms with Gasteiger partial charge in [0.05, 0.1) is 25.6 Å². The van der Waals surface area contributed by atoms with E-state index in [1.54, 1.807) is 31.2 Å². The van der Waals surface area contributed by atoms with Crippen LogP contribution in [0.15, 0.2) is 42.0 Å². The van der Waals surface area contributed by atoms with E-state index in [9.17, 15) is 14.9 Å². The summed E-state index contributed by atoms with van der Waals surface area (Å²) in [5.74, 6) is -1.10. The van der Waals surface area contributed by atoms with Crippen LogP contribution in [0.25, 0.3) is 21.6 Å². The molecule has 218 valence electrons. The fourth-order valence-electron chi connectivity index (χ4n) is 5.04. The second-order valence-corrected chi connectivity index (χ2v) is 11.5. The molecule has 3 aromatic rings. The zero-order valence-corrected chi connectivity index (χ0v) is 23.9. The third-order valence-electron chi connectivity index (χ3n) is 6.99. The van der Waals surface area contributed by atoms with Crippen molar-refractivity contribution < 1.29 is 32.4 Å². The first-order chi connectivity index (χ1) is 19.7. The van der Waals surface area contributed by atoms with Crippen molar-refractivity contribution in [2.45, 2.75) is 57.3 Å². The molecule has 41 heavy (non-hydrogen) atoms. The number of phosphoric acid groups is 1. The minimum absolute atomic E-state index is 0.0859. The number of nitrogens with zero attached hydrogens (tertiary/aromatic N) is 7. The first kappa shape index (κ1) is 29.2. The van der Waals surface area contributed by atoms with E-state index in [1.807, 2.05) is 6.92 Å². The summed E-state index contributed by atoms with van der Waals surface area (Å²) in [6.45, 7) is 3.01. The molecule has 2 aliphatic heterocycles. The summed E-state index contributed by atoms with van der Waals surface area (Å²) in [6.07, 6.45) is 0.868. The standard InChI is InChI=1S/C24H28ClN8O7P/c1-3-16-20(38-18(34)4-2)23(33-13-30-19-21(26)28-12-29-22(19)33)39-24(16,31-32-27)11-37-41(35)36-9-8-17(40-41)14-6-5-7-15(25)10-14/h5-7,10,12-13,16-17,20,23H,3-4,8-9,11H2,1-2H3,(H2,26,28,29)/t16-,17-,20+,23+,24+,41+/m0/s1. The number of hydrogen-bond donors (Lipinski definition) is 1. The van der Waals surface area contributed by atoms with E-state index in [2.05, 4.69) is 25.0 Å². The Morgan fingerprint density at radius 3 is 2.93 bits per heavy atom. The molecule has 0 bridgehead atoms. The van der Waals surface area contributed by atoms with Gasteiger partial charge in [0.15, 0.2) is 29.5 Å². The van der Waals surface area contributed by atoms with Crippen LogP contribution in [0.4, 0.5) is 5.82 Å². The third-order valence-corrected chi connectivity index (χ3v) is 8.68. The minimum atomic E-state index is -4.15. The molecule has 0 unspecified atom stereocenters. The second-order valence-electron chi connectivity index (χ2n) is 9.44. The highest BCUT2D eigenvalue weighted by atomic mass is 35.5. The Labute approximate surface area is 239 Å².